The predicted octanol–water partition coefficient (Wildman–Crippen LogP) is 4.42. The first-order valence-electron chi connectivity index (χ1n) is 8.96. The highest BCUT2D eigenvalue weighted by Gasteiger charge is 2.49. The quantitative estimate of drug-likeness (QED) is 0.667. The third kappa shape index (κ3) is 3.78. The van der Waals surface area contributed by atoms with Gasteiger partial charge in [0.1, 0.15) is 5.69 Å². The SMILES string of the molecule is NC(=O)C1(c2ccc(-c3cccc(Nc4nccc(C(F)(F)F)n4)c3)cc2)CC1. The van der Waals surface area contributed by atoms with Gasteiger partial charge in [-0.15, -0.1) is 0 Å². The number of amides is 1. The number of halogens is 3. The minimum Gasteiger partial charge on any atom is -0.369 e. The first kappa shape index (κ1) is 18.9. The van der Waals surface area contributed by atoms with Crippen LogP contribution in [-0.4, -0.2) is 15.9 Å². The number of alkyl halides is 3. The number of anilines is 2. The Hall–Kier alpha value is -3.42. The molecule has 1 amide bonds. The number of carbonyl (C=O) groups is 1. The second-order valence-electron chi connectivity index (χ2n) is 6.99. The van der Waals surface area contributed by atoms with E-state index in [1.807, 2.05) is 30.3 Å². The fourth-order valence-corrected chi connectivity index (χ4v) is 3.27. The summed E-state index contributed by atoms with van der Waals surface area (Å²) in [4.78, 5) is 19.0. The molecule has 2 aromatic carbocycles. The zero-order chi connectivity index (χ0) is 20.6. The van der Waals surface area contributed by atoms with Crippen LogP contribution < -0.4 is 11.1 Å². The van der Waals surface area contributed by atoms with Gasteiger partial charge in [-0.2, -0.15) is 13.2 Å². The number of aromatic nitrogens is 2. The predicted molar refractivity (Wildman–Crippen MR) is 102 cm³/mol. The van der Waals surface area contributed by atoms with Crippen LogP contribution in [0.15, 0.2) is 60.8 Å². The Morgan fingerprint density at radius 3 is 2.38 bits per heavy atom. The highest BCUT2D eigenvalue weighted by atomic mass is 19.4. The van der Waals surface area contributed by atoms with E-state index in [9.17, 15) is 18.0 Å². The van der Waals surface area contributed by atoms with E-state index in [1.165, 1.54) is 0 Å². The highest BCUT2D eigenvalue weighted by Crippen LogP contribution is 2.48. The van der Waals surface area contributed by atoms with E-state index in [0.29, 0.717) is 5.69 Å². The number of hydrogen-bond acceptors (Lipinski definition) is 4. The molecule has 3 aromatic rings. The number of nitrogens with zero attached hydrogens (tertiary/aromatic N) is 2. The molecular formula is C21H17F3N4O. The summed E-state index contributed by atoms with van der Waals surface area (Å²) in [5, 5.41) is 2.80. The number of nitrogens with two attached hydrogens (primary N) is 1. The average molecular weight is 398 g/mol. The van der Waals surface area contributed by atoms with Crippen LogP contribution in [0.1, 0.15) is 24.1 Å². The maximum absolute atomic E-state index is 12.8. The lowest BCUT2D eigenvalue weighted by Gasteiger charge is -2.13. The van der Waals surface area contributed by atoms with Gasteiger partial charge in [0.25, 0.3) is 0 Å². The van der Waals surface area contributed by atoms with E-state index < -0.39 is 17.3 Å². The van der Waals surface area contributed by atoms with Crippen LogP contribution in [0.5, 0.6) is 0 Å². The Labute approximate surface area is 164 Å². The van der Waals surface area contributed by atoms with E-state index in [1.54, 1.807) is 18.2 Å². The van der Waals surface area contributed by atoms with E-state index in [0.717, 1.165) is 41.8 Å². The van der Waals surface area contributed by atoms with Gasteiger partial charge < -0.3 is 11.1 Å². The van der Waals surface area contributed by atoms with Crippen LogP contribution in [0, 0.1) is 0 Å². The molecule has 8 heteroatoms. The lowest BCUT2D eigenvalue weighted by Crippen LogP contribution is -2.28. The van der Waals surface area contributed by atoms with Gasteiger partial charge in [0, 0.05) is 11.9 Å². The largest absolute Gasteiger partial charge is 0.433 e. The van der Waals surface area contributed by atoms with Crippen molar-refractivity contribution in [3.05, 3.63) is 72.1 Å². The second kappa shape index (κ2) is 6.88. The Morgan fingerprint density at radius 1 is 1.03 bits per heavy atom. The second-order valence-corrected chi connectivity index (χ2v) is 6.99. The Bertz CT molecular complexity index is 1060. The molecule has 1 saturated carbocycles. The van der Waals surface area contributed by atoms with Gasteiger partial charge in [-0.1, -0.05) is 36.4 Å². The van der Waals surface area contributed by atoms with Gasteiger partial charge in [0.15, 0.2) is 0 Å². The van der Waals surface area contributed by atoms with Gasteiger partial charge in [-0.25, -0.2) is 9.97 Å². The number of carbonyl (C=O) groups excluding carboxylic acids is 1. The number of hydrogen-bond donors (Lipinski definition) is 2. The zero-order valence-corrected chi connectivity index (χ0v) is 15.2. The number of primary amides is 1. The Balaban J connectivity index is 1.56. The third-order valence-electron chi connectivity index (χ3n) is 5.06. The summed E-state index contributed by atoms with van der Waals surface area (Å²) in [7, 11) is 0. The van der Waals surface area contributed by atoms with E-state index in [4.69, 9.17) is 5.73 Å². The van der Waals surface area contributed by atoms with Crippen molar-refractivity contribution >= 4 is 17.5 Å². The van der Waals surface area contributed by atoms with Gasteiger partial charge in [-0.3, -0.25) is 4.79 Å². The highest BCUT2D eigenvalue weighted by molar-refractivity contribution is 5.90. The molecule has 0 radical (unpaired) electrons. The number of benzene rings is 2. The monoisotopic (exact) mass is 398 g/mol. The summed E-state index contributed by atoms with van der Waals surface area (Å²) in [5.41, 5.74) is 7.19. The van der Waals surface area contributed by atoms with Gasteiger partial charge in [-0.05, 0) is 47.7 Å². The minimum atomic E-state index is -4.53. The van der Waals surface area contributed by atoms with Crippen molar-refractivity contribution in [2.45, 2.75) is 24.4 Å². The van der Waals surface area contributed by atoms with Crippen molar-refractivity contribution < 1.29 is 18.0 Å². The molecule has 5 nitrogen and oxygen atoms in total. The molecule has 0 spiro atoms. The van der Waals surface area contributed by atoms with E-state index in [-0.39, 0.29) is 11.9 Å². The lowest BCUT2D eigenvalue weighted by atomic mass is 9.93. The van der Waals surface area contributed by atoms with Crippen LogP contribution in [0.3, 0.4) is 0 Å². The zero-order valence-electron chi connectivity index (χ0n) is 15.2. The first-order chi connectivity index (χ1) is 13.8. The van der Waals surface area contributed by atoms with Crippen molar-refractivity contribution in [2.24, 2.45) is 5.73 Å². The third-order valence-corrected chi connectivity index (χ3v) is 5.06. The molecule has 4 rings (SSSR count). The topological polar surface area (TPSA) is 80.9 Å². The molecule has 0 atom stereocenters. The van der Waals surface area contributed by atoms with E-state index in [2.05, 4.69) is 15.3 Å². The normalized spacial score (nSPS) is 15.0. The fraction of sp³-hybridized carbons (Fsp3) is 0.190. The summed E-state index contributed by atoms with van der Waals surface area (Å²) >= 11 is 0. The summed E-state index contributed by atoms with van der Waals surface area (Å²) in [6.07, 6.45) is -1.95. The average Bonchev–Trinajstić information content (AvgIpc) is 3.50. The molecule has 1 heterocycles. The van der Waals surface area contributed by atoms with Gasteiger partial charge in [0.05, 0.1) is 5.41 Å². The molecule has 0 unspecified atom stereocenters. The minimum absolute atomic E-state index is 0.135. The molecule has 29 heavy (non-hydrogen) atoms. The molecular weight excluding hydrogens is 381 g/mol. The fourth-order valence-electron chi connectivity index (χ4n) is 3.27. The standard InChI is InChI=1S/C21H17F3N4O/c22-21(23,24)17-8-11-26-19(28-17)27-16-3-1-2-14(12-16)13-4-6-15(7-5-13)20(9-10-20)18(25)29/h1-8,11-12H,9-10H2,(H2,25,29)(H,26,27,28). The molecule has 0 bridgehead atoms. The molecule has 1 aromatic heterocycles. The van der Waals surface area contributed by atoms with Crippen LogP contribution in [0.4, 0.5) is 24.8 Å². The molecule has 148 valence electrons. The van der Waals surface area contributed by atoms with Crippen molar-refractivity contribution in [1.82, 2.24) is 9.97 Å². The maximum atomic E-state index is 12.8. The molecule has 0 aliphatic heterocycles. The van der Waals surface area contributed by atoms with Crippen molar-refractivity contribution in [2.75, 3.05) is 5.32 Å². The lowest BCUT2D eigenvalue weighted by molar-refractivity contribution is -0.141. The molecule has 1 aliphatic rings. The summed E-state index contributed by atoms with van der Waals surface area (Å²) in [5.74, 6) is -0.443. The summed E-state index contributed by atoms with van der Waals surface area (Å²) < 4.78 is 38.4. The van der Waals surface area contributed by atoms with Gasteiger partial charge >= 0.3 is 6.18 Å². The summed E-state index contributed by atoms with van der Waals surface area (Å²) in [6, 6.07) is 15.6. The van der Waals surface area contributed by atoms with Crippen molar-refractivity contribution in [3.63, 3.8) is 0 Å². The number of nitrogens with one attached hydrogen (secondary N) is 1. The van der Waals surface area contributed by atoms with Crippen molar-refractivity contribution in [1.29, 1.82) is 0 Å². The maximum Gasteiger partial charge on any atom is 0.433 e. The van der Waals surface area contributed by atoms with Gasteiger partial charge in [0.2, 0.25) is 11.9 Å². The Morgan fingerprint density at radius 2 is 1.76 bits per heavy atom. The van der Waals surface area contributed by atoms with Crippen LogP contribution >= 0.6 is 0 Å². The summed E-state index contributed by atoms with van der Waals surface area (Å²) in [6.45, 7) is 0. The van der Waals surface area contributed by atoms with E-state index >= 15 is 0 Å². The smallest absolute Gasteiger partial charge is 0.369 e. The number of rotatable bonds is 5. The van der Waals surface area contributed by atoms with Crippen LogP contribution in [0.25, 0.3) is 11.1 Å². The van der Waals surface area contributed by atoms with Crippen LogP contribution in [-0.2, 0) is 16.4 Å². The molecule has 0 saturated heterocycles. The molecule has 1 aliphatic carbocycles. The molecule has 1 fully saturated rings. The molecule has 3 N–H and O–H groups in total. The first-order valence-corrected chi connectivity index (χ1v) is 8.96. The van der Waals surface area contributed by atoms with Crippen molar-refractivity contribution in [3.8, 4) is 11.1 Å². The van der Waals surface area contributed by atoms with Crippen LogP contribution in [0.2, 0.25) is 0 Å². The Kier molecular flexibility index (Phi) is 4.49.